The lowest BCUT2D eigenvalue weighted by Gasteiger charge is -2.14. The Labute approximate surface area is 139 Å². The van der Waals surface area contributed by atoms with E-state index in [2.05, 4.69) is 41.4 Å². The molecule has 1 aromatic heterocycles. The molecule has 1 heterocycles. The van der Waals surface area contributed by atoms with Crippen LogP contribution in [0.15, 0.2) is 23.2 Å². The molecule has 0 saturated carbocycles. The Morgan fingerprint density at radius 2 is 2.05 bits per heavy atom. The van der Waals surface area contributed by atoms with Crippen molar-refractivity contribution in [3.8, 4) is 0 Å². The quantitative estimate of drug-likeness (QED) is 0.459. The summed E-state index contributed by atoms with van der Waals surface area (Å²) in [5.41, 5.74) is 0.965. The Morgan fingerprint density at radius 3 is 2.60 bits per heavy atom. The fourth-order valence-electron chi connectivity index (χ4n) is 1.56. The van der Waals surface area contributed by atoms with E-state index in [0.29, 0.717) is 12.6 Å². The second-order valence-electron chi connectivity index (χ2n) is 4.88. The minimum atomic E-state index is 0. The Morgan fingerprint density at radius 1 is 1.35 bits per heavy atom. The fourth-order valence-corrected chi connectivity index (χ4v) is 1.56. The molecule has 0 radical (unpaired) electrons. The summed E-state index contributed by atoms with van der Waals surface area (Å²) in [6, 6.07) is 6.36. The van der Waals surface area contributed by atoms with Crippen LogP contribution in [0.1, 0.15) is 26.5 Å². The van der Waals surface area contributed by atoms with Crippen molar-refractivity contribution < 1.29 is 0 Å². The summed E-state index contributed by atoms with van der Waals surface area (Å²) in [7, 11) is 3.97. The summed E-state index contributed by atoms with van der Waals surface area (Å²) < 4.78 is 0. The minimum absolute atomic E-state index is 0. The molecule has 0 saturated heterocycles. The molecule has 114 valence electrons. The zero-order valence-electron chi connectivity index (χ0n) is 13.0. The van der Waals surface area contributed by atoms with Crippen molar-refractivity contribution in [2.75, 3.05) is 25.5 Å². The van der Waals surface area contributed by atoms with Gasteiger partial charge >= 0.3 is 0 Å². The molecule has 6 heteroatoms. The summed E-state index contributed by atoms with van der Waals surface area (Å²) in [4.78, 5) is 11.1. The van der Waals surface area contributed by atoms with Crippen LogP contribution in [0.5, 0.6) is 0 Å². The van der Waals surface area contributed by atoms with E-state index in [-0.39, 0.29) is 24.0 Å². The Hall–Kier alpha value is -1.05. The molecule has 0 atom stereocenters. The Balaban J connectivity index is 0.00000361. The predicted octanol–water partition coefficient (Wildman–Crippen LogP) is 2.23. The van der Waals surface area contributed by atoms with Crippen molar-refractivity contribution in [3.63, 3.8) is 0 Å². The van der Waals surface area contributed by atoms with Crippen LogP contribution >= 0.6 is 24.0 Å². The molecular formula is C14H26IN5. The van der Waals surface area contributed by atoms with Gasteiger partial charge in [-0.05, 0) is 32.9 Å². The van der Waals surface area contributed by atoms with Crippen molar-refractivity contribution in [1.29, 1.82) is 0 Å². The standard InChI is InChI=1S/C14H25N5.HI/c1-6-15-14(17-11(2)3)16-10-12-8-7-9-13(18-12)19(4)5;/h7-9,11H,6,10H2,1-5H3,(H2,15,16,17);1H. The van der Waals surface area contributed by atoms with Crippen molar-refractivity contribution in [1.82, 2.24) is 15.6 Å². The molecule has 2 N–H and O–H groups in total. The molecule has 0 aliphatic heterocycles. The van der Waals surface area contributed by atoms with Crippen LogP contribution in [0, 0.1) is 0 Å². The van der Waals surface area contributed by atoms with Crippen LogP contribution < -0.4 is 15.5 Å². The molecule has 20 heavy (non-hydrogen) atoms. The number of nitrogens with one attached hydrogen (secondary N) is 2. The van der Waals surface area contributed by atoms with Gasteiger partial charge in [0.2, 0.25) is 0 Å². The molecule has 0 aliphatic carbocycles. The van der Waals surface area contributed by atoms with Gasteiger partial charge in [0.1, 0.15) is 5.82 Å². The number of hydrogen-bond acceptors (Lipinski definition) is 3. The van der Waals surface area contributed by atoms with Gasteiger partial charge in [-0.3, -0.25) is 0 Å². The third-order valence-corrected chi connectivity index (χ3v) is 2.42. The predicted molar refractivity (Wildman–Crippen MR) is 97.1 cm³/mol. The first kappa shape index (κ1) is 18.9. The van der Waals surface area contributed by atoms with E-state index in [1.165, 1.54) is 0 Å². The first-order valence-electron chi connectivity index (χ1n) is 6.71. The number of pyridine rings is 1. The number of halogens is 1. The van der Waals surface area contributed by atoms with Crippen LogP contribution in [0.2, 0.25) is 0 Å². The average molecular weight is 391 g/mol. The fraction of sp³-hybridized carbons (Fsp3) is 0.571. The number of nitrogens with zero attached hydrogens (tertiary/aromatic N) is 3. The van der Waals surface area contributed by atoms with Crippen LogP contribution in [0.4, 0.5) is 5.82 Å². The van der Waals surface area contributed by atoms with Gasteiger partial charge in [-0.15, -0.1) is 24.0 Å². The van der Waals surface area contributed by atoms with Crippen LogP contribution in [-0.4, -0.2) is 37.6 Å². The Kier molecular flexibility index (Phi) is 9.28. The molecule has 5 nitrogen and oxygen atoms in total. The zero-order valence-corrected chi connectivity index (χ0v) is 15.3. The Bertz CT molecular complexity index is 418. The van der Waals surface area contributed by atoms with Crippen molar-refractivity contribution in [2.45, 2.75) is 33.4 Å². The maximum Gasteiger partial charge on any atom is 0.191 e. The summed E-state index contributed by atoms with van der Waals surface area (Å²) >= 11 is 0. The number of aromatic nitrogens is 1. The number of rotatable bonds is 5. The average Bonchev–Trinajstić information content (AvgIpc) is 2.36. The maximum atomic E-state index is 4.55. The van der Waals surface area contributed by atoms with E-state index in [1.54, 1.807) is 0 Å². The molecule has 0 unspecified atom stereocenters. The SMILES string of the molecule is CCNC(=NCc1cccc(N(C)C)n1)NC(C)C.I. The van der Waals surface area contributed by atoms with Crippen molar-refractivity contribution >= 4 is 35.8 Å². The van der Waals surface area contributed by atoms with Gasteiger partial charge in [-0.25, -0.2) is 9.98 Å². The topological polar surface area (TPSA) is 52.6 Å². The summed E-state index contributed by atoms with van der Waals surface area (Å²) in [6.07, 6.45) is 0. The van der Waals surface area contributed by atoms with E-state index >= 15 is 0 Å². The molecule has 0 spiro atoms. The highest BCUT2D eigenvalue weighted by atomic mass is 127. The molecule has 0 amide bonds. The molecule has 0 fully saturated rings. The van der Waals surface area contributed by atoms with Gasteiger partial charge in [0.25, 0.3) is 0 Å². The molecule has 0 aromatic carbocycles. The van der Waals surface area contributed by atoms with Gasteiger partial charge in [0.05, 0.1) is 12.2 Å². The maximum absolute atomic E-state index is 4.55. The van der Waals surface area contributed by atoms with Crippen LogP contribution in [0.25, 0.3) is 0 Å². The monoisotopic (exact) mass is 391 g/mol. The van der Waals surface area contributed by atoms with Crippen molar-refractivity contribution in [2.24, 2.45) is 4.99 Å². The molecule has 0 bridgehead atoms. The van der Waals surface area contributed by atoms with Crippen molar-refractivity contribution in [3.05, 3.63) is 23.9 Å². The summed E-state index contributed by atoms with van der Waals surface area (Å²) in [5, 5.41) is 6.51. The lowest BCUT2D eigenvalue weighted by atomic mass is 10.3. The number of anilines is 1. The van der Waals surface area contributed by atoms with E-state index < -0.39 is 0 Å². The highest BCUT2D eigenvalue weighted by Gasteiger charge is 2.02. The normalized spacial score (nSPS) is 11.0. The second kappa shape index (κ2) is 9.79. The second-order valence-corrected chi connectivity index (χ2v) is 4.88. The molecular weight excluding hydrogens is 365 g/mol. The highest BCUT2D eigenvalue weighted by Crippen LogP contribution is 2.08. The van der Waals surface area contributed by atoms with E-state index in [9.17, 15) is 0 Å². The van der Waals surface area contributed by atoms with Gasteiger partial charge in [-0.2, -0.15) is 0 Å². The van der Waals surface area contributed by atoms with E-state index in [0.717, 1.165) is 24.0 Å². The molecule has 0 aliphatic rings. The highest BCUT2D eigenvalue weighted by molar-refractivity contribution is 14.0. The number of guanidine groups is 1. The number of aliphatic imine (C=N–C) groups is 1. The van der Waals surface area contributed by atoms with Crippen LogP contribution in [0.3, 0.4) is 0 Å². The zero-order chi connectivity index (χ0) is 14.3. The van der Waals surface area contributed by atoms with E-state index in [1.807, 2.05) is 37.2 Å². The van der Waals surface area contributed by atoms with E-state index in [4.69, 9.17) is 0 Å². The van der Waals surface area contributed by atoms with Gasteiger partial charge < -0.3 is 15.5 Å². The smallest absolute Gasteiger partial charge is 0.191 e. The first-order valence-corrected chi connectivity index (χ1v) is 6.71. The van der Waals surface area contributed by atoms with Gasteiger partial charge in [0, 0.05) is 26.7 Å². The van der Waals surface area contributed by atoms with Gasteiger partial charge in [-0.1, -0.05) is 6.07 Å². The summed E-state index contributed by atoms with van der Waals surface area (Å²) in [5.74, 6) is 1.78. The summed E-state index contributed by atoms with van der Waals surface area (Å²) in [6.45, 7) is 7.67. The largest absolute Gasteiger partial charge is 0.363 e. The van der Waals surface area contributed by atoms with Crippen LogP contribution in [-0.2, 0) is 6.54 Å². The lowest BCUT2D eigenvalue weighted by Crippen LogP contribution is -2.41. The number of hydrogen-bond donors (Lipinski definition) is 2. The third-order valence-electron chi connectivity index (χ3n) is 2.42. The third kappa shape index (κ3) is 6.93. The molecule has 1 rings (SSSR count). The first-order chi connectivity index (χ1) is 9.02. The minimum Gasteiger partial charge on any atom is -0.363 e. The molecule has 1 aromatic rings. The lowest BCUT2D eigenvalue weighted by molar-refractivity contribution is 0.700. The van der Waals surface area contributed by atoms with Gasteiger partial charge in [0.15, 0.2) is 5.96 Å².